The van der Waals surface area contributed by atoms with Crippen LogP contribution in [0.25, 0.3) is 0 Å². The number of fused-ring (bicyclic) bond motifs is 1. The zero-order valence-electron chi connectivity index (χ0n) is 12.5. The van der Waals surface area contributed by atoms with Crippen LogP contribution in [0.15, 0.2) is 0 Å². The zero-order chi connectivity index (χ0) is 13.1. The van der Waals surface area contributed by atoms with Gasteiger partial charge in [0.1, 0.15) is 0 Å². The van der Waals surface area contributed by atoms with E-state index in [0.717, 1.165) is 32.8 Å². The summed E-state index contributed by atoms with van der Waals surface area (Å²) in [6.45, 7) is 6.44. The summed E-state index contributed by atoms with van der Waals surface area (Å²) in [6.07, 6.45) is 4.50. The number of piperazine rings is 1. The van der Waals surface area contributed by atoms with Gasteiger partial charge in [-0.1, -0.05) is 6.42 Å². The number of hydrogen-bond donors (Lipinski definition) is 1. The molecule has 1 amide bonds. The summed E-state index contributed by atoms with van der Waals surface area (Å²) in [5, 5.41) is 3.36. The summed E-state index contributed by atoms with van der Waals surface area (Å²) in [4.78, 5) is 17.0. The molecule has 0 saturated carbocycles. The molecule has 7 heteroatoms. The molecule has 124 valence electrons. The molecular formula is C14H27Cl2N3O2. The lowest BCUT2D eigenvalue weighted by atomic mass is 9.99. The van der Waals surface area contributed by atoms with Crippen molar-refractivity contribution in [1.82, 2.24) is 15.1 Å². The number of rotatable bonds is 2. The van der Waals surface area contributed by atoms with Gasteiger partial charge in [-0.3, -0.25) is 9.69 Å². The number of nitrogens with one attached hydrogen (secondary N) is 1. The minimum Gasteiger partial charge on any atom is -0.378 e. The number of halogens is 2. The van der Waals surface area contributed by atoms with Crippen molar-refractivity contribution in [2.24, 2.45) is 0 Å². The fraction of sp³-hybridized carbons (Fsp3) is 0.929. The van der Waals surface area contributed by atoms with Crippen molar-refractivity contribution in [3.63, 3.8) is 0 Å². The van der Waals surface area contributed by atoms with Crippen LogP contribution in [0, 0.1) is 0 Å². The van der Waals surface area contributed by atoms with Crippen LogP contribution in [-0.2, 0) is 9.53 Å². The second kappa shape index (κ2) is 9.16. The van der Waals surface area contributed by atoms with Crippen LogP contribution in [0.5, 0.6) is 0 Å². The monoisotopic (exact) mass is 339 g/mol. The van der Waals surface area contributed by atoms with Gasteiger partial charge in [0.25, 0.3) is 0 Å². The molecule has 0 aromatic rings. The molecule has 5 nitrogen and oxygen atoms in total. The van der Waals surface area contributed by atoms with Gasteiger partial charge in [0.15, 0.2) is 0 Å². The van der Waals surface area contributed by atoms with Crippen molar-refractivity contribution >= 4 is 30.7 Å². The predicted octanol–water partition coefficient (Wildman–Crippen LogP) is 0.905. The SMILES string of the molecule is Cl.Cl.O=C(CC1COCCN1)N1CCN2CCCCC2C1. The van der Waals surface area contributed by atoms with Gasteiger partial charge in [0, 0.05) is 44.7 Å². The number of piperidine rings is 1. The largest absolute Gasteiger partial charge is 0.378 e. The summed E-state index contributed by atoms with van der Waals surface area (Å²) in [5.74, 6) is 0.299. The molecule has 1 N–H and O–H groups in total. The first-order valence-electron chi connectivity index (χ1n) is 7.66. The van der Waals surface area contributed by atoms with Crippen LogP contribution >= 0.6 is 24.8 Å². The maximum Gasteiger partial charge on any atom is 0.224 e. The van der Waals surface area contributed by atoms with Crippen LogP contribution in [0.1, 0.15) is 25.7 Å². The van der Waals surface area contributed by atoms with Crippen LogP contribution in [0.2, 0.25) is 0 Å². The third kappa shape index (κ3) is 4.96. The van der Waals surface area contributed by atoms with E-state index in [2.05, 4.69) is 15.1 Å². The molecule has 0 radical (unpaired) electrons. The van der Waals surface area contributed by atoms with Crippen molar-refractivity contribution in [3.05, 3.63) is 0 Å². The van der Waals surface area contributed by atoms with Crippen LogP contribution in [-0.4, -0.2) is 73.7 Å². The van der Waals surface area contributed by atoms with Crippen molar-refractivity contribution in [1.29, 1.82) is 0 Å². The molecule has 3 saturated heterocycles. The number of hydrogen-bond acceptors (Lipinski definition) is 4. The Labute approximate surface area is 139 Å². The molecule has 3 fully saturated rings. The van der Waals surface area contributed by atoms with E-state index >= 15 is 0 Å². The number of amides is 1. The van der Waals surface area contributed by atoms with E-state index in [4.69, 9.17) is 4.74 Å². The fourth-order valence-electron chi connectivity index (χ4n) is 3.47. The van der Waals surface area contributed by atoms with Crippen molar-refractivity contribution < 1.29 is 9.53 Å². The number of ether oxygens (including phenoxy) is 1. The maximum absolute atomic E-state index is 12.4. The standard InChI is InChI=1S/C14H25N3O2.2ClH/c18-14(9-12-11-19-8-4-15-12)17-7-6-16-5-2-1-3-13(16)10-17;;/h12-13,15H,1-11H2;2*1H. The van der Waals surface area contributed by atoms with E-state index in [1.54, 1.807) is 0 Å². The second-order valence-corrected chi connectivity index (χ2v) is 5.96. The summed E-state index contributed by atoms with van der Waals surface area (Å²) in [5.41, 5.74) is 0. The Morgan fingerprint density at radius 1 is 1.19 bits per heavy atom. The first kappa shape index (κ1) is 19.0. The van der Waals surface area contributed by atoms with Gasteiger partial charge >= 0.3 is 0 Å². The summed E-state index contributed by atoms with van der Waals surface area (Å²) in [6, 6.07) is 0.827. The van der Waals surface area contributed by atoms with Gasteiger partial charge in [-0.25, -0.2) is 0 Å². The highest BCUT2D eigenvalue weighted by molar-refractivity contribution is 5.85. The highest BCUT2D eigenvalue weighted by atomic mass is 35.5. The topological polar surface area (TPSA) is 44.8 Å². The molecule has 0 aliphatic carbocycles. The molecule has 21 heavy (non-hydrogen) atoms. The Morgan fingerprint density at radius 3 is 2.81 bits per heavy atom. The molecule has 2 atom stereocenters. The minimum atomic E-state index is 0. The van der Waals surface area contributed by atoms with E-state index in [9.17, 15) is 4.79 Å². The van der Waals surface area contributed by atoms with E-state index < -0.39 is 0 Å². The number of nitrogens with zero attached hydrogens (tertiary/aromatic N) is 2. The summed E-state index contributed by atoms with van der Waals surface area (Å²) >= 11 is 0. The molecule has 2 unspecified atom stereocenters. The molecule has 3 aliphatic rings. The lowest BCUT2D eigenvalue weighted by molar-refractivity contribution is -0.136. The number of carbonyl (C=O) groups is 1. The first-order chi connectivity index (χ1) is 9.33. The molecule has 0 spiro atoms. The zero-order valence-corrected chi connectivity index (χ0v) is 14.1. The molecule has 3 rings (SSSR count). The Bertz CT molecular complexity index is 327. The lowest BCUT2D eigenvalue weighted by Gasteiger charge is -2.44. The Kier molecular flexibility index (Phi) is 8.27. The van der Waals surface area contributed by atoms with E-state index in [1.165, 1.54) is 25.8 Å². The molecule has 0 bridgehead atoms. The van der Waals surface area contributed by atoms with Crippen LogP contribution in [0.3, 0.4) is 0 Å². The minimum absolute atomic E-state index is 0. The van der Waals surface area contributed by atoms with E-state index in [0.29, 0.717) is 25.0 Å². The summed E-state index contributed by atoms with van der Waals surface area (Å²) in [7, 11) is 0. The van der Waals surface area contributed by atoms with E-state index in [1.807, 2.05) is 0 Å². The van der Waals surface area contributed by atoms with E-state index in [-0.39, 0.29) is 30.9 Å². The van der Waals surface area contributed by atoms with Crippen LogP contribution < -0.4 is 5.32 Å². The van der Waals surface area contributed by atoms with Gasteiger partial charge in [0.05, 0.1) is 13.2 Å². The Balaban J connectivity index is 0.00000110. The third-order valence-electron chi connectivity index (χ3n) is 4.61. The smallest absolute Gasteiger partial charge is 0.224 e. The molecule has 0 aromatic heterocycles. The normalized spacial score (nSPS) is 29.8. The first-order valence-corrected chi connectivity index (χ1v) is 7.66. The quantitative estimate of drug-likeness (QED) is 0.812. The van der Waals surface area contributed by atoms with Gasteiger partial charge in [-0.15, -0.1) is 24.8 Å². The molecule has 3 aliphatic heterocycles. The third-order valence-corrected chi connectivity index (χ3v) is 4.61. The van der Waals surface area contributed by atoms with Crippen LogP contribution in [0.4, 0.5) is 0 Å². The average molecular weight is 340 g/mol. The van der Waals surface area contributed by atoms with Gasteiger partial charge in [-0.05, 0) is 19.4 Å². The highest BCUT2D eigenvalue weighted by Crippen LogP contribution is 2.21. The second-order valence-electron chi connectivity index (χ2n) is 5.96. The molecular weight excluding hydrogens is 313 g/mol. The van der Waals surface area contributed by atoms with Crippen molar-refractivity contribution in [3.8, 4) is 0 Å². The van der Waals surface area contributed by atoms with Gasteiger partial charge in [-0.2, -0.15) is 0 Å². The maximum atomic E-state index is 12.4. The Hall–Kier alpha value is -0.0700. The number of carbonyl (C=O) groups excluding carboxylic acids is 1. The fourth-order valence-corrected chi connectivity index (χ4v) is 3.47. The molecule has 3 heterocycles. The Morgan fingerprint density at radius 2 is 2.05 bits per heavy atom. The number of morpholine rings is 1. The van der Waals surface area contributed by atoms with Crippen molar-refractivity contribution in [2.45, 2.75) is 37.8 Å². The van der Waals surface area contributed by atoms with Gasteiger partial charge < -0.3 is 15.0 Å². The average Bonchev–Trinajstić information content (AvgIpc) is 2.48. The lowest BCUT2D eigenvalue weighted by Crippen LogP contribution is -2.57. The van der Waals surface area contributed by atoms with Gasteiger partial charge in [0.2, 0.25) is 5.91 Å². The van der Waals surface area contributed by atoms with Crippen molar-refractivity contribution in [2.75, 3.05) is 45.9 Å². The highest BCUT2D eigenvalue weighted by Gasteiger charge is 2.31. The molecule has 0 aromatic carbocycles. The predicted molar refractivity (Wildman–Crippen MR) is 87.5 cm³/mol. The summed E-state index contributed by atoms with van der Waals surface area (Å²) < 4.78 is 5.41.